The highest BCUT2D eigenvalue weighted by atomic mass is 19.1. The number of benzene rings is 2. The molecule has 0 aliphatic heterocycles. The molecule has 0 saturated carbocycles. The number of pyridine rings is 1. The Morgan fingerprint density at radius 3 is 2.33 bits per heavy atom. The van der Waals surface area contributed by atoms with Gasteiger partial charge in [-0.05, 0) is 48.2 Å². The number of aromatic nitrogens is 1. The molecule has 0 saturated heterocycles. The topological polar surface area (TPSA) is 28.2 Å². The van der Waals surface area contributed by atoms with Gasteiger partial charge in [0, 0.05) is 22.8 Å². The predicted octanol–water partition coefficient (Wildman–Crippen LogP) is 5.22. The number of halogens is 2. The van der Waals surface area contributed by atoms with Gasteiger partial charge in [0.1, 0.15) is 17.7 Å². The maximum atomic E-state index is 13.9. The van der Waals surface area contributed by atoms with E-state index in [9.17, 15) is 14.0 Å². The third-order valence-corrected chi connectivity index (χ3v) is 4.29. The van der Waals surface area contributed by atoms with Crippen molar-refractivity contribution in [3.8, 4) is 17.2 Å². The largest absolute Gasteiger partial charge is 0.319 e. The highest BCUT2D eigenvalue weighted by Crippen LogP contribution is 2.34. The van der Waals surface area contributed by atoms with Gasteiger partial charge in [-0.15, -0.1) is 0 Å². The van der Waals surface area contributed by atoms with Crippen LogP contribution in [0.4, 0.5) is 8.78 Å². The third kappa shape index (κ3) is 2.06. The monoisotopic (exact) mass is 318 g/mol. The molecule has 0 radical (unpaired) electrons. The van der Waals surface area contributed by atoms with Crippen LogP contribution in [-0.2, 0) is 0 Å². The number of nitrogens with zero attached hydrogens (tertiary/aromatic N) is 2. The lowest BCUT2D eigenvalue weighted by atomic mass is 9.99. The predicted molar refractivity (Wildman–Crippen MR) is 89.7 cm³/mol. The zero-order valence-corrected chi connectivity index (χ0v) is 12.8. The summed E-state index contributed by atoms with van der Waals surface area (Å²) in [6, 6.07) is 14.7. The van der Waals surface area contributed by atoms with E-state index in [0.717, 1.165) is 22.2 Å². The van der Waals surface area contributed by atoms with Gasteiger partial charge in [0.25, 0.3) is 0 Å². The first-order valence-corrected chi connectivity index (χ1v) is 7.48. The molecule has 0 fully saturated rings. The normalized spacial score (nSPS) is 11.1. The van der Waals surface area contributed by atoms with Gasteiger partial charge < -0.3 is 4.40 Å². The molecular weight excluding hydrogens is 306 g/mol. The summed E-state index contributed by atoms with van der Waals surface area (Å²) in [5.74, 6) is -0.664. The summed E-state index contributed by atoms with van der Waals surface area (Å²) in [4.78, 5) is 0. The van der Waals surface area contributed by atoms with E-state index >= 15 is 0 Å². The van der Waals surface area contributed by atoms with Gasteiger partial charge in [-0.25, -0.2) is 8.78 Å². The van der Waals surface area contributed by atoms with E-state index in [1.54, 1.807) is 24.3 Å². The van der Waals surface area contributed by atoms with E-state index in [0.29, 0.717) is 16.5 Å². The molecule has 0 atom stereocenters. The molecule has 0 aliphatic carbocycles. The fourth-order valence-electron chi connectivity index (χ4n) is 3.18. The Labute approximate surface area is 137 Å². The second-order valence-electron chi connectivity index (χ2n) is 5.77. The highest BCUT2D eigenvalue weighted by Gasteiger charge is 2.15. The van der Waals surface area contributed by atoms with Crippen molar-refractivity contribution in [2.45, 2.75) is 6.92 Å². The number of aryl methyl sites for hydroxylation is 1. The van der Waals surface area contributed by atoms with Crippen molar-refractivity contribution < 1.29 is 8.78 Å². The summed E-state index contributed by atoms with van der Waals surface area (Å²) in [5.41, 5.74) is 3.78. The van der Waals surface area contributed by atoms with Crippen molar-refractivity contribution >= 4 is 16.3 Å². The lowest BCUT2D eigenvalue weighted by molar-refractivity contribution is 0.628. The Kier molecular flexibility index (Phi) is 3.10. The minimum absolute atomic E-state index is 0.306. The van der Waals surface area contributed by atoms with Gasteiger partial charge in [0.2, 0.25) is 0 Å². The number of nitriles is 1. The van der Waals surface area contributed by atoms with Crippen LogP contribution >= 0.6 is 0 Å². The Morgan fingerprint density at radius 2 is 1.62 bits per heavy atom. The average molecular weight is 318 g/mol. The number of rotatable bonds is 1. The van der Waals surface area contributed by atoms with E-state index in [1.165, 1.54) is 24.3 Å². The quantitative estimate of drug-likeness (QED) is 0.473. The van der Waals surface area contributed by atoms with Crippen molar-refractivity contribution in [2.24, 2.45) is 0 Å². The third-order valence-electron chi connectivity index (χ3n) is 4.29. The molecule has 24 heavy (non-hydrogen) atoms. The molecule has 4 aromatic rings. The summed E-state index contributed by atoms with van der Waals surface area (Å²) in [5, 5.41) is 10.9. The van der Waals surface area contributed by atoms with Crippen molar-refractivity contribution in [1.29, 1.82) is 5.26 Å². The Balaban J connectivity index is 2.20. The number of fused-ring (bicyclic) bond motifs is 3. The van der Waals surface area contributed by atoms with Crippen molar-refractivity contribution in [3.05, 3.63) is 77.6 Å². The molecule has 0 spiro atoms. The van der Waals surface area contributed by atoms with Crippen molar-refractivity contribution in [1.82, 2.24) is 4.40 Å². The molecule has 116 valence electrons. The summed E-state index contributed by atoms with van der Waals surface area (Å²) in [6.45, 7) is 1.90. The summed E-state index contributed by atoms with van der Waals surface area (Å²) < 4.78 is 29.0. The fourth-order valence-corrected chi connectivity index (χ4v) is 3.18. The first kappa shape index (κ1) is 14.4. The molecule has 4 rings (SSSR count). The van der Waals surface area contributed by atoms with Gasteiger partial charge >= 0.3 is 0 Å². The molecule has 0 N–H and O–H groups in total. The lowest BCUT2D eigenvalue weighted by Gasteiger charge is -2.11. The van der Waals surface area contributed by atoms with Gasteiger partial charge in [0.05, 0.1) is 11.1 Å². The molecule has 2 aromatic heterocycles. The highest BCUT2D eigenvalue weighted by molar-refractivity contribution is 6.06. The first-order chi connectivity index (χ1) is 11.6. The van der Waals surface area contributed by atoms with Crippen LogP contribution in [0.5, 0.6) is 0 Å². The maximum absolute atomic E-state index is 13.9. The SMILES string of the molecule is Cc1cc(C#N)c2c3cc(F)ccc3c(-c3ccc(F)cc3)cn12. The smallest absolute Gasteiger partial charge is 0.123 e. The van der Waals surface area contributed by atoms with E-state index in [1.807, 2.05) is 17.5 Å². The van der Waals surface area contributed by atoms with Crippen LogP contribution in [0.25, 0.3) is 27.4 Å². The fraction of sp³-hybridized carbons (Fsp3) is 0.0500. The van der Waals surface area contributed by atoms with Crippen LogP contribution in [0, 0.1) is 29.9 Å². The molecule has 4 heteroatoms. The van der Waals surface area contributed by atoms with Crippen LogP contribution in [0.2, 0.25) is 0 Å². The average Bonchev–Trinajstić information content (AvgIpc) is 2.91. The zero-order chi connectivity index (χ0) is 16.8. The number of hydrogen-bond acceptors (Lipinski definition) is 1. The van der Waals surface area contributed by atoms with E-state index in [-0.39, 0.29) is 11.6 Å². The van der Waals surface area contributed by atoms with E-state index in [4.69, 9.17) is 0 Å². The maximum Gasteiger partial charge on any atom is 0.123 e. The molecule has 0 bridgehead atoms. The molecule has 0 unspecified atom stereocenters. The second-order valence-corrected chi connectivity index (χ2v) is 5.77. The van der Waals surface area contributed by atoms with Crippen LogP contribution in [0.15, 0.2) is 54.7 Å². The van der Waals surface area contributed by atoms with Gasteiger partial charge in [-0.1, -0.05) is 18.2 Å². The van der Waals surface area contributed by atoms with Crippen LogP contribution in [-0.4, -0.2) is 4.40 Å². The Hall–Kier alpha value is -3.19. The molecule has 0 aliphatic rings. The lowest BCUT2D eigenvalue weighted by Crippen LogP contribution is -1.93. The summed E-state index contributed by atoms with van der Waals surface area (Å²) in [6.07, 6.45) is 1.92. The summed E-state index contributed by atoms with van der Waals surface area (Å²) in [7, 11) is 0. The van der Waals surface area contributed by atoms with Crippen LogP contribution < -0.4 is 0 Å². The zero-order valence-electron chi connectivity index (χ0n) is 12.8. The standard InChI is InChI=1S/C20H12F2N2/c1-12-8-14(10-23)20-18-9-16(22)6-7-17(18)19(11-24(12)20)13-2-4-15(21)5-3-13/h2-9,11H,1H3. The molecular formula is C20H12F2N2. The Morgan fingerprint density at radius 1 is 0.917 bits per heavy atom. The minimum atomic E-state index is -0.358. The van der Waals surface area contributed by atoms with Gasteiger partial charge in [-0.3, -0.25) is 0 Å². The Bertz CT molecular complexity index is 1130. The molecule has 2 aromatic carbocycles. The molecule has 2 nitrogen and oxygen atoms in total. The van der Waals surface area contributed by atoms with Crippen molar-refractivity contribution in [3.63, 3.8) is 0 Å². The minimum Gasteiger partial charge on any atom is -0.319 e. The van der Waals surface area contributed by atoms with Crippen molar-refractivity contribution in [2.75, 3.05) is 0 Å². The molecule has 2 heterocycles. The van der Waals surface area contributed by atoms with Gasteiger partial charge in [0.15, 0.2) is 0 Å². The van der Waals surface area contributed by atoms with Crippen LogP contribution in [0.1, 0.15) is 11.3 Å². The van der Waals surface area contributed by atoms with Gasteiger partial charge in [-0.2, -0.15) is 5.26 Å². The molecule has 0 amide bonds. The number of hydrogen-bond donors (Lipinski definition) is 0. The summed E-state index contributed by atoms with van der Waals surface area (Å²) >= 11 is 0. The second kappa shape index (κ2) is 5.17. The van der Waals surface area contributed by atoms with E-state index < -0.39 is 0 Å². The van der Waals surface area contributed by atoms with E-state index in [2.05, 4.69) is 6.07 Å². The first-order valence-electron chi connectivity index (χ1n) is 7.48. The van der Waals surface area contributed by atoms with Crippen LogP contribution in [0.3, 0.4) is 0 Å².